The van der Waals surface area contributed by atoms with Crippen LogP contribution in [0.15, 0.2) is 60.9 Å². The van der Waals surface area contributed by atoms with E-state index in [0.29, 0.717) is 17.8 Å². The molecule has 3 aromatic carbocycles. The van der Waals surface area contributed by atoms with E-state index in [1.807, 2.05) is 11.3 Å². The molecule has 5 rings (SSSR count). The lowest BCUT2D eigenvalue weighted by Crippen LogP contribution is -2.50. The van der Waals surface area contributed by atoms with Crippen LogP contribution in [0.2, 0.25) is 18.1 Å². The van der Waals surface area contributed by atoms with Crippen molar-refractivity contribution in [1.29, 1.82) is 0 Å². The van der Waals surface area contributed by atoms with E-state index < -0.39 is 8.07 Å². The van der Waals surface area contributed by atoms with Gasteiger partial charge in [0.1, 0.15) is 6.33 Å². The van der Waals surface area contributed by atoms with Gasteiger partial charge in [-0.15, -0.1) is 11.3 Å². The summed E-state index contributed by atoms with van der Waals surface area (Å²) < 4.78 is 2.69. The molecule has 0 radical (unpaired) electrons. The van der Waals surface area contributed by atoms with Crippen LogP contribution in [0.1, 0.15) is 67.9 Å². The fourth-order valence-corrected chi connectivity index (χ4v) is 16.1. The third kappa shape index (κ3) is 5.50. The number of rotatable bonds is 8. The normalized spacial score (nSPS) is 13.1. The number of fused-ring (bicyclic) bond motifs is 4. The molecule has 0 saturated carbocycles. The summed E-state index contributed by atoms with van der Waals surface area (Å²) in [6.45, 7) is 21.4. The van der Waals surface area contributed by atoms with E-state index in [-0.39, 0.29) is 5.41 Å². The minimum Gasteiger partial charge on any atom is -0.235 e. The largest absolute Gasteiger partial charge is 0.235 e. The Morgan fingerprint density at radius 3 is 1.98 bits per heavy atom. The summed E-state index contributed by atoms with van der Waals surface area (Å²) in [6, 6.07) is 24.6. The fourth-order valence-electron chi connectivity index (χ4n) is 7.21. The maximum atomic E-state index is 4.95. The van der Waals surface area contributed by atoms with Gasteiger partial charge >= 0.3 is 0 Å². The summed E-state index contributed by atoms with van der Waals surface area (Å²) >= 11 is 1.95. The molecule has 0 aliphatic heterocycles. The monoisotopic (exact) mass is 566 g/mol. The average molecular weight is 567 g/mol. The zero-order valence-electron chi connectivity index (χ0n) is 25.9. The molecule has 0 fully saturated rings. The van der Waals surface area contributed by atoms with Crippen LogP contribution in [0.25, 0.3) is 42.3 Å². The van der Waals surface area contributed by atoms with Gasteiger partial charge in [0.05, 0.1) is 24.0 Å². The second-order valence-electron chi connectivity index (χ2n) is 14.3. The van der Waals surface area contributed by atoms with Crippen molar-refractivity contribution in [1.82, 2.24) is 9.97 Å². The molecule has 0 amide bonds. The molecule has 2 heterocycles. The number of thiophene rings is 1. The third-order valence-electron chi connectivity index (χ3n) is 8.19. The lowest BCUT2D eigenvalue weighted by atomic mass is 9.82. The Morgan fingerprint density at radius 2 is 1.35 bits per heavy atom. The maximum Gasteiger partial charge on any atom is 0.116 e. The second-order valence-corrected chi connectivity index (χ2v) is 19.6. The van der Waals surface area contributed by atoms with Crippen molar-refractivity contribution in [3.05, 3.63) is 66.5 Å². The maximum absolute atomic E-state index is 4.95. The molecule has 210 valence electrons. The molecule has 0 saturated heterocycles. The van der Waals surface area contributed by atoms with Crippen molar-refractivity contribution in [3.63, 3.8) is 0 Å². The molecule has 2 nitrogen and oxygen atoms in total. The van der Waals surface area contributed by atoms with Crippen LogP contribution in [0.4, 0.5) is 0 Å². The van der Waals surface area contributed by atoms with Gasteiger partial charge in [-0.25, -0.2) is 9.97 Å². The highest BCUT2D eigenvalue weighted by atomic mass is 32.1. The van der Waals surface area contributed by atoms with Gasteiger partial charge < -0.3 is 0 Å². The molecule has 40 heavy (non-hydrogen) atoms. The van der Waals surface area contributed by atoms with Gasteiger partial charge in [0.25, 0.3) is 0 Å². The van der Waals surface area contributed by atoms with E-state index >= 15 is 0 Å². The molecule has 0 N–H and O–H groups in total. The third-order valence-corrected chi connectivity index (χ3v) is 16.0. The van der Waals surface area contributed by atoms with Gasteiger partial charge in [0.15, 0.2) is 0 Å². The Balaban J connectivity index is 1.80. The summed E-state index contributed by atoms with van der Waals surface area (Å²) in [4.78, 5) is 9.86. The predicted molar refractivity (Wildman–Crippen MR) is 181 cm³/mol. The topological polar surface area (TPSA) is 25.8 Å². The molecule has 2 aromatic heterocycles. The van der Waals surface area contributed by atoms with Crippen LogP contribution in [-0.4, -0.2) is 18.0 Å². The van der Waals surface area contributed by atoms with Gasteiger partial charge in [0.2, 0.25) is 0 Å². The van der Waals surface area contributed by atoms with Gasteiger partial charge in [-0.05, 0) is 56.8 Å². The number of nitrogens with zero attached hydrogens (tertiary/aromatic N) is 2. The predicted octanol–water partition coefficient (Wildman–Crippen LogP) is 10.6. The standard InChI is InChI=1S/C36H46N2SSi/c1-23(2)19-40(20-24(3)4,21-25(5)6)31-16-12-15-29-33-35(39-34(29)31)32(37-22-38-33)27-17-26-13-10-11-14-28(26)30(18-27)36(7,8)9/h10-18,22-25H,19-21H2,1-9H3. The zero-order chi connectivity index (χ0) is 28.8. The van der Waals surface area contributed by atoms with Crippen molar-refractivity contribution in [3.8, 4) is 11.3 Å². The van der Waals surface area contributed by atoms with Crippen molar-refractivity contribution >= 4 is 55.7 Å². The van der Waals surface area contributed by atoms with E-state index in [2.05, 4.69) is 117 Å². The van der Waals surface area contributed by atoms with Crippen molar-refractivity contribution in [2.45, 2.75) is 85.9 Å². The first-order valence-corrected chi connectivity index (χ1v) is 18.5. The number of benzene rings is 3. The summed E-state index contributed by atoms with van der Waals surface area (Å²) in [5.41, 5.74) is 4.77. The van der Waals surface area contributed by atoms with E-state index in [1.54, 1.807) is 11.5 Å². The van der Waals surface area contributed by atoms with E-state index in [4.69, 9.17) is 9.97 Å². The minimum atomic E-state index is -1.79. The van der Waals surface area contributed by atoms with Crippen LogP contribution in [0, 0.1) is 17.8 Å². The van der Waals surface area contributed by atoms with Crippen molar-refractivity contribution < 1.29 is 0 Å². The molecule has 4 heteroatoms. The number of hydrogen-bond donors (Lipinski definition) is 0. The van der Waals surface area contributed by atoms with Gasteiger partial charge in [-0.2, -0.15) is 0 Å². The molecule has 0 unspecified atom stereocenters. The van der Waals surface area contributed by atoms with Crippen LogP contribution >= 0.6 is 11.3 Å². The van der Waals surface area contributed by atoms with Crippen LogP contribution in [0.5, 0.6) is 0 Å². The van der Waals surface area contributed by atoms with Crippen LogP contribution < -0.4 is 5.19 Å². The summed E-state index contributed by atoms with van der Waals surface area (Å²) in [6.07, 6.45) is 1.78. The molecular weight excluding hydrogens is 521 g/mol. The second kappa shape index (κ2) is 11.0. The highest BCUT2D eigenvalue weighted by molar-refractivity contribution is 7.28. The summed E-state index contributed by atoms with van der Waals surface area (Å²) in [5, 5.41) is 5.57. The van der Waals surface area contributed by atoms with Gasteiger partial charge in [-0.1, -0.05) is 123 Å². The Kier molecular flexibility index (Phi) is 7.98. The van der Waals surface area contributed by atoms with E-state index in [1.165, 1.54) is 54.8 Å². The van der Waals surface area contributed by atoms with Crippen LogP contribution in [-0.2, 0) is 5.41 Å². The minimum absolute atomic E-state index is 0.0326. The fraction of sp³-hybridized carbons (Fsp3) is 0.444. The summed E-state index contributed by atoms with van der Waals surface area (Å²) in [5.74, 6) is 2.08. The average Bonchev–Trinajstić information content (AvgIpc) is 3.25. The number of hydrogen-bond acceptors (Lipinski definition) is 3. The first kappa shape index (κ1) is 28.9. The van der Waals surface area contributed by atoms with E-state index in [9.17, 15) is 0 Å². The summed E-state index contributed by atoms with van der Waals surface area (Å²) in [7, 11) is -1.79. The molecule has 0 bridgehead atoms. The van der Waals surface area contributed by atoms with Crippen LogP contribution in [0.3, 0.4) is 0 Å². The van der Waals surface area contributed by atoms with Gasteiger partial charge in [0, 0.05) is 15.6 Å². The molecule has 0 atom stereocenters. The SMILES string of the molecule is CC(C)C[Si](CC(C)C)(CC(C)C)c1cccc2c1sc1c(-c3cc(C(C)(C)C)c4ccccc4c3)ncnc12. The Labute approximate surface area is 246 Å². The Bertz CT molecular complexity index is 1630. The number of aromatic nitrogens is 2. The highest BCUT2D eigenvalue weighted by Gasteiger charge is 2.39. The molecule has 5 aromatic rings. The first-order valence-electron chi connectivity index (χ1n) is 15.1. The van der Waals surface area contributed by atoms with Gasteiger partial charge in [-0.3, -0.25) is 0 Å². The Morgan fingerprint density at radius 1 is 0.725 bits per heavy atom. The quantitative estimate of drug-likeness (QED) is 0.175. The molecular formula is C36H46N2SSi. The van der Waals surface area contributed by atoms with Crippen molar-refractivity contribution in [2.75, 3.05) is 0 Å². The highest BCUT2D eigenvalue weighted by Crippen LogP contribution is 2.42. The lowest BCUT2D eigenvalue weighted by Gasteiger charge is -2.37. The van der Waals surface area contributed by atoms with Crippen molar-refractivity contribution in [2.24, 2.45) is 17.8 Å². The molecule has 0 aliphatic carbocycles. The Hall–Kier alpha value is -2.56. The van der Waals surface area contributed by atoms with E-state index in [0.717, 1.165) is 11.2 Å². The smallest absolute Gasteiger partial charge is 0.116 e. The zero-order valence-corrected chi connectivity index (χ0v) is 27.7. The molecule has 0 spiro atoms. The first-order chi connectivity index (χ1) is 18.9. The lowest BCUT2D eigenvalue weighted by molar-refractivity contribution is 0.596. The molecule has 0 aliphatic rings.